The molecular formula is C23H32N2O5. The molecule has 7 heteroatoms. The van der Waals surface area contributed by atoms with Crippen LogP contribution in [0.1, 0.15) is 55.8 Å². The highest BCUT2D eigenvalue weighted by Gasteiger charge is 2.55. The number of ether oxygens (including phenoxy) is 3. The van der Waals surface area contributed by atoms with Gasteiger partial charge in [0.05, 0.1) is 20.8 Å². The van der Waals surface area contributed by atoms with Gasteiger partial charge in [0, 0.05) is 13.1 Å². The van der Waals surface area contributed by atoms with Crippen molar-refractivity contribution in [2.45, 2.75) is 57.2 Å². The van der Waals surface area contributed by atoms with Gasteiger partial charge in [0.2, 0.25) is 5.91 Å². The van der Waals surface area contributed by atoms with Gasteiger partial charge in [-0.15, -0.1) is 0 Å². The van der Waals surface area contributed by atoms with Crippen molar-refractivity contribution in [1.82, 2.24) is 9.80 Å². The van der Waals surface area contributed by atoms with Crippen LogP contribution in [0, 0.1) is 5.92 Å². The molecule has 2 aliphatic heterocycles. The van der Waals surface area contributed by atoms with E-state index >= 15 is 0 Å². The molecule has 1 saturated carbocycles. The Labute approximate surface area is 178 Å². The van der Waals surface area contributed by atoms with Crippen molar-refractivity contribution in [2.24, 2.45) is 5.92 Å². The smallest absolute Gasteiger partial charge is 0.264 e. The summed E-state index contributed by atoms with van der Waals surface area (Å²) >= 11 is 0. The lowest BCUT2D eigenvalue weighted by Crippen LogP contribution is -2.57. The molecule has 1 aliphatic carbocycles. The number of nitrogens with zero attached hydrogens (tertiary/aromatic N) is 2. The van der Waals surface area contributed by atoms with Crippen LogP contribution in [0.25, 0.3) is 0 Å². The van der Waals surface area contributed by atoms with E-state index in [1.807, 2.05) is 4.90 Å². The second-order valence-corrected chi connectivity index (χ2v) is 8.70. The average molecular weight is 417 g/mol. The number of likely N-dealkylation sites (tertiary alicyclic amines) is 1. The van der Waals surface area contributed by atoms with E-state index in [0.29, 0.717) is 23.0 Å². The van der Waals surface area contributed by atoms with Gasteiger partial charge < -0.3 is 19.1 Å². The van der Waals surface area contributed by atoms with E-state index in [9.17, 15) is 9.59 Å². The SMILES string of the molecule is COc1cccc(OC)c1C(=O)N1[C@H](C(=O)N2CCCC2)COC12CCC(C)CC2. The molecule has 0 bridgehead atoms. The molecule has 4 rings (SSSR count). The zero-order chi connectivity index (χ0) is 21.3. The molecule has 2 saturated heterocycles. The van der Waals surface area contributed by atoms with Crippen LogP contribution in [0.15, 0.2) is 18.2 Å². The minimum atomic E-state index is -0.741. The first-order valence-corrected chi connectivity index (χ1v) is 11.0. The first kappa shape index (κ1) is 21.0. The Hall–Kier alpha value is -2.28. The van der Waals surface area contributed by atoms with Gasteiger partial charge in [-0.3, -0.25) is 14.5 Å². The molecule has 30 heavy (non-hydrogen) atoms. The van der Waals surface area contributed by atoms with Crippen molar-refractivity contribution in [3.63, 3.8) is 0 Å². The molecule has 2 amide bonds. The maximum atomic E-state index is 14.0. The highest BCUT2D eigenvalue weighted by molar-refractivity contribution is 6.02. The summed E-state index contributed by atoms with van der Waals surface area (Å²) in [5, 5.41) is 0. The van der Waals surface area contributed by atoms with Crippen LogP contribution in [0.5, 0.6) is 11.5 Å². The maximum absolute atomic E-state index is 14.0. The summed E-state index contributed by atoms with van der Waals surface area (Å²) in [5.74, 6) is 1.21. The number of methoxy groups -OCH3 is 2. The third-order valence-corrected chi connectivity index (χ3v) is 6.88. The second kappa shape index (κ2) is 8.46. The molecular weight excluding hydrogens is 384 g/mol. The summed E-state index contributed by atoms with van der Waals surface area (Å²) in [6, 6.07) is 4.68. The fraction of sp³-hybridized carbons (Fsp3) is 0.652. The van der Waals surface area contributed by atoms with Crippen molar-refractivity contribution in [3.05, 3.63) is 23.8 Å². The topological polar surface area (TPSA) is 68.3 Å². The van der Waals surface area contributed by atoms with Crippen LogP contribution in [0.3, 0.4) is 0 Å². The zero-order valence-corrected chi connectivity index (χ0v) is 18.2. The largest absolute Gasteiger partial charge is 0.496 e. The van der Waals surface area contributed by atoms with Gasteiger partial charge in [-0.2, -0.15) is 0 Å². The molecule has 3 aliphatic rings. The van der Waals surface area contributed by atoms with E-state index in [1.54, 1.807) is 23.1 Å². The number of hydrogen-bond donors (Lipinski definition) is 0. The fourth-order valence-electron chi connectivity index (χ4n) is 5.10. The van der Waals surface area contributed by atoms with Crippen molar-refractivity contribution >= 4 is 11.8 Å². The summed E-state index contributed by atoms with van der Waals surface area (Å²) < 4.78 is 17.3. The van der Waals surface area contributed by atoms with Gasteiger partial charge in [-0.25, -0.2) is 0 Å². The number of carbonyl (C=O) groups is 2. The Kier molecular flexibility index (Phi) is 5.91. The zero-order valence-electron chi connectivity index (χ0n) is 18.2. The summed E-state index contributed by atoms with van der Waals surface area (Å²) in [6.45, 7) is 3.97. The van der Waals surface area contributed by atoms with Gasteiger partial charge in [-0.05, 0) is 56.6 Å². The molecule has 0 aromatic heterocycles. The van der Waals surface area contributed by atoms with Gasteiger partial charge in [0.15, 0.2) is 0 Å². The van der Waals surface area contributed by atoms with Crippen molar-refractivity contribution in [3.8, 4) is 11.5 Å². The van der Waals surface area contributed by atoms with E-state index in [1.165, 1.54) is 14.2 Å². The standard InChI is InChI=1S/C23H32N2O5/c1-16-9-11-23(12-10-16)25(17(15-30-23)21(26)24-13-4-5-14-24)22(27)20-18(28-2)7-6-8-19(20)29-3/h6-8,16-17H,4-5,9-15H2,1-3H3/t16?,17-,23?/m0/s1. The number of hydrogen-bond acceptors (Lipinski definition) is 5. The van der Waals surface area contributed by atoms with E-state index in [0.717, 1.165) is 51.6 Å². The van der Waals surface area contributed by atoms with Crippen molar-refractivity contribution in [1.29, 1.82) is 0 Å². The van der Waals surface area contributed by atoms with Gasteiger partial charge >= 0.3 is 0 Å². The van der Waals surface area contributed by atoms with Gasteiger partial charge in [-0.1, -0.05) is 13.0 Å². The average Bonchev–Trinajstić information content (AvgIpc) is 3.43. The predicted octanol–water partition coefficient (Wildman–Crippen LogP) is 3.07. The Morgan fingerprint density at radius 1 is 1.07 bits per heavy atom. The van der Waals surface area contributed by atoms with E-state index in [-0.39, 0.29) is 18.4 Å². The maximum Gasteiger partial charge on any atom is 0.264 e. The lowest BCUT2D eigenvalue weighted by molar-refractivity contribution is -0.136. The fourth-order valence-corrected chi connectivity index (χ4v) is 5.10. The quantitative estimate of drug-likeness (QED) is 0.755. The summed E-state index contributed by atoms with van der Waals surface area (Å²) in [6.07, 6.45) is 5.43. The number of amides is 2. The highest BCUT2D eigenvalue weighted by Crippen LogP contribution is 2.45. The molecule has 2 heterocycles. The molecule has 7 nitrogen and oxygen atoms in total. The van der Waals surface area contributed by atoms with E-state index in [2.05, 4.69) is 6.92 Å². The number of carbonyl (C=O) groups excluding carboxylic acids is 2. The van der Waals surface area contributed by atoms with Crippen LogP contribution in [0.2, 0.25) is 0 Å². The first-order chi connectivity index (χ1) is 14.5. The van der Waals surface area contributed by atoms with Crippen molar-refractivity contribution < 1.29 is 23.8 Å². The van der Waals surface area contributed by atoms with Crippen LogP contribution in [-0.4, -0.2) is 67.3 Å². The van der Waals surface area contributed by atoms with Gasteiger partial charge in [0.1, 0.15) is 28.8 Å². The molecule has 1 atom stereocenters. The molecule has 3 fully saturated rings. The van der Waals surface area contributed by atoms with E-state index in [4.69, 9.17) is 14.2 Å². The van der Waals surface area contributed by atoms with Gasteiger partial charge in [0.25, 0.3) is 5.91 Å². The Bertz CT molecular complexity index is 775. The van der Waals surface area contributed by atoms with Crippen LogP contribution < -0.4 is 9.47 Å². The van der Waals surface area contributed by atoms with Crippen LogP contribution >= 0.6 is 0 Å². The Morgan fingerprint density at radius 2 is 1.67 bits per heavy atom. The molecule has 1 spiro atoms. The number of benzene rings is 1. The van der Waals surface area contributed by atoms with Crippen molar-refractivity contribution in [2.75, 3.05) is 33.9 Å². The van der Waals surface area contributed by atoms with Crippen LogP contribution in [-0.2, 0) is 9.53 Å². The third kappa shape index (κ3) is 3.53. The minimum Gasteiger partial charge on any atom is -0.496 e. The second-order valence-electron chi connectivity index (χ2n) is 8.70. The molecule has 0 radical (unpaired) electrons. The molecule has 1 aromatic rings. The lowest BCUT2D eigenvalue weighted by Gasteiger charge is -2.43. The van der Waals surface area contributed by atoms with E-state index < -0.39 is 11.8 Å². The predicted molar refractivity (Wildman–Crippen MR) is 112 cm³/mol. The molecule has 0 N–H and O–H groups in total. The Morgan fingerprint density at radius 3 is 2.23 bits per heavy atom. The first-order valence-electron chi connectivity index (χ1n) is 11.0. The summed E-state index contributed by atoms with van der Waals surface area (Å²) in [4.78, 5) is 31.0. The monoisotopic (exact) mass is 416 g/mol. The lowest BCUT2D eigenvalue weighted by atomic mass is 9.83. The minimum absolute atomic E-state index is 0.00906. The molecule has 164 valence electrons. The molecule has 0 unspecified atom stereocenters. The Balaban J connectivity index is 1.74. The highest BCUT2D eigenvalue weighted by atomic mass is 16.5. The third-order valence-electron chi connectivity index (χ3n) is 6.88. The normalized spacial score (nSPS) is 28.8. The molecule has 1 aromatic carbocycles. The number of rotatable bonds is 4. The van der Waals surface area contributed by atoms with Crippen LogP contribution in [0.4, 0.5) is 0 Å². The summed E-state index contributed by atoms with van der Waals surface area (Å²) in [5.41, 5.74) is -0.389. The summed E-state index contributed by atoms with van der Waals surface area (Å²) in [7, 11) is 3.08.